The fourth-order valence-electron chi connectivity index (χ4n) is 3.12. The number of allylic oxidation sites excluding steroid dienone is 1. The second-order valence-corrected chi connectivity index (χ2v) is 10.6. The Kier molecular flexibility index (Phi) is 12.5. The molecule has 2 aromatic rings. The lowest BCUT2D eigenvalue weighted by atomic mass is 10.0. The summed E-state index contributed by atoms with van der Waals surface area (Å²) < 4.78 is 2.44. The zero-order valence-electron chi connectivity index (χ0n) is 20.0. The van der Waals surface area contributed by atoms with Gasteiger partial charge < -0.3 is 5.73 Å². The Morgan fingerprint density at radius 1 is 1.15 bits per heavy atom. The number of rotatable bonds is 13. The van der Waals surface area contributed by atoms with Crippen LogP contribution >= 0.6 is 35.5 Å². The Balaban J connectivity index is 2.18. The molecule has 0 saturated carbocycles. The molecule has 0 amide bonds. The first kappa shape index (κ1) is 27.4. The largest absolute Gasteiger partial charge is 0.404 e. The Hall–Kier alpha value is -1.86. The first-order valence-corrected chi connectivity index (χ1v) is 14.0. The predicted molar refractivity (Wildman–Crippen MR) is 154 cm³/mol. The van der Waals surface area contributed by atoms with Gasteiger partial charge in [-0.2, -0.15) is 0 Å². The standard InChI is InChI=1S/C27H35N3S3/c1-6-30(33-25-14-12-21(2)13-15-25)18-24(22(3)16-26(17-28)31-5)19-32-20-27(29-4)23-10-8-7-9-11-23/h7-17,20,24H,4,6,18-19,28H2,1-3,5H3/b22-16+,26-17+,27-20-. The van der Waals surface area contributed by atoms with Crippen molar-refractivity contribution in [2.75, 3.05) is 25.1 Å². The molecular weight excluding hydrogens is 463 g/mol. The maximum atomic E-state index is 5.82. The second kappa shape index (κ2) is 15.1. The highest BCUT2D eigenvalue weighted by Gasteiger charge is 2.17. The van der Waals surface area contributed by atoms with Gasteiger partial charge in [0.2, 0.25) is 0 Å². The summed E-state index contributed by atoms with van der Waals surface area (Å²) in [5, 5.41) is 2.13. The number of aliphatic imine (C=N–C) groups is 1. The maximum absolute atomic E-state index is 5.82. The van der Waals surface area contributed by atoms with Gasteiger partial charge in [-0.15, -0.1) is 23.5 Å². The number of nitrogens with two attached hydrogens (primary N) is 1. The van der Waals surface area contributed by atoms with Crippen LogP contribution in [0.4, 0.5) is 0 Å². The van der Waals surface area contributed by atoms with E-state index in [0.29, 0.717) is 5.92 Å². The van der Waals surface area contributed by atoms with E-state index in [9.17, 15) is 0 Å². The average molecular weight is 498 g/mol. The molecule has 2 rings (SSSR count). The molecule has 2 aromatic carbocycles. The molecule has 0 radical (unpaired) electrons. The van der Waals surface area contributed by atoms with E-state index < -0.39 is 0 Å². The summed E-state index contributed by atoms with van der Waals surface area (Å²) in [6.07, 6.45) is 5.96. The van der Waals surface area contributed by atoms with Crippen molar-refractivity contribution in [1.29, 1.82) is 0 Å². The van der Waals surface area contributed by atoms with E-state index in [-0.39, 0.29) is 0 Å². The minimum Gasteiger partial charge on any atom is -0.404 e. The van der Waals surface area contributed by atoms with E-state index in [1.807, 2.05) is 30.1 Å². The molecule has 6 heteroatoms. The molecule has 0 aliphatic heterocycles. The zero-order chi connectivity index (χ0) is 24.1. The van der Waals surface area contributed by atoms with E-state index >= 15 is 0 Å². The summed E-state index contributed by atoms with van der Waals surface area (Å²) in [6, 6.07) is 18.9. The minimum absolute atomic E-state index is 0.369. The molecule has 1 atom stereocenters. The lowest BCUT2D eigenvalue weighted by Gasteiger charge is -2.26. The number of benzene rings is 2. The van der Waals surface area contributed by atoms with Crippen LogP contribution in [0, 0.1) is 12.8 Å². The van der Waals surface area contributed by atoms with Gasteiger partial charge in [-0.25, -0.2) is 4.31 Å². The average Bonchev–Trinajstić information content (AvgIpc) is 2.85. The van der Waals surface area contributed by atoms with Crippen LogP contribution in [0.25, 0.3) is 5.70 Å². The van der Waals surface area contributed by atoms with Crippen molar-refractivity contribution in [2.24, 2.45) is 16.6 Å². The van der Waals surface area contributed by atoms with Gasteiger partial charge >= 0.3 is 0 Å². The van der Waals surface area contributed by atoms with Gasteiger partial charge in [0.05, 0.1) is 5.70 Å². The van der Waals surface area contributed by atoms with Gasteiger partial charge in [0, 0.05) is 46.3 Å². The van der Waals surface area contributed by atoms with Gasteiger partial charge in [-0.3, -0.25) is 4.99 Å². The quantitative estimate of drug-likeness (QED) is 0.176. The fourth-order valence-corrected chi connectivity index (χ4v) is 5.56. The molecule has 1 unspecified atom stereocenters. The molecular formula is C27H35N3S3. The van der Waals surface area contributed by atoms with E-state index in [4.69, 9.17) is 5.73 Å². The lowest BCUT2D eigenvalue weighted by molar-refractivity contribution is 0.438. The summed E-state index contributed by atoms with van der Waals surface area (Å²) in [5.74, 6) is 1.32. The summed E-state index contributed by atoms with van der Waals surface area (Å²) in [4.78, 5) is 6.60. The number of hydrogen-bond acceptors (Lipinski definition) is 6. The van der Waals surface area contributed by atoms with E-state index in [0.717, 1.165) is 35.0 Å². The highest BCUT2D eigenvalue weighted by Crippen LogP contribution is 2.29. The first-order valence-electron chi connectivity index (χ1n) is 11.0. The van der Waals surface area contributed by atoms with Gasteiger partial charge in [-0.05, 0) is 62.4 Å². The summed E-state index contributed by atoms with van der Waals surface area (Å²) in [5.41, 5.74) is 10.4. The van der Waals surface area contributed by atoms with Gasteiger partial charge in [0.25, 0.3) is 0 Å². The Bertz CT molecular complexity index is 950. The fraction of sp³-hybridized carbons (Fsp3) is 0.296. The SMILES string of the molecule is C=N/C(=C\SCC(CN(CC)Sc1ccc(C)cc1)/C(C)=C/C(=C\N)SC)c1ccccc1. The molecule has 0 aliphatic rings. The number of aryl methyl sites for hydroxylation is 1. The summed E-state index contributed by atoms with van der Waals surface area (Å²) in [7, 11) is 0. The van der Waals surface area contributed by atoms with Crippen molar-refractivity contribution in [3.05, 3.63) is 93.9 Å². The number of hydrogen-bond donors (Lipinski definition) is 1. The molecule has 33 heavy (non-hydrogen) atoms. The minimum atomic E-state index is 0.369. The molecule has 0 fully saturated rings. The second-order valence-electron chi connectivity index (χ2n) is 7.60. The van der Waals surface area contributed by atoms with Crippen molar-refractivity contribution in [2.45, 2.75) is 25.7 Å². The normalized spacial score (nSPS) is 13.9. The Morgan fingerprint density at radius 2 is 1.85 bits per heavy atom. The molecule has 0 bridgehead atoms. The van der Waals surface area contributed by atoms with Crippen LogP contribution in [0.2, 0.25) is 0 Å². The zero-order valence-corrected chi connectivity index (χ0v) is 22.5. The Labute approximate surface area is 212 Å². The van der Waals surface area contributed by atoms with Gasteiger partial charge in [0.15, 0.2) is 0 Å². The van der Waals surface area contributed by atoms with Crippen molar-refractivity contribution >= 4 is 47.9 Å². The van der Waals surface area contributed by atoms with Crippen molar-refractivity contribution in [3.63, 3.8) is 0 Å². The van der Waals surface area contributed by atoms with Crippen molar-refractivity contribution < 1.29 is 0 Å². The van der Waals surface area contributed by atoms with Crippen molar-refractivity contribution in [3.8, 4) is 0 Å². The molecule has 0 saturated heterocycles. The molecule has 2 N–H and O–H groups in total. The third-order valence-electron chi connectivity index (χ3n) is 5.18. The number of nitrogens with zero attached hydrogens (tertiary/aromatic N) is 2. The van der Waals surface area contributed by atoms with Gasteiger partial charge in [-0.1, -0.05) is 60.5 Å². The van der Waals surface area contributed by atoms with E-state index in [1.54, 1.807) is 29.7 Å². The highest BCUT2D eigenvalue weighted by atomic mass is 32.2. The summed E-state index contributed by atoms with van der Waals surface area (Å²) >= 11 is 5.29. The monoisotopic (exact) mass is 497 g/mol. The third kappa shape index (κ3) is 9.49. The lowest BCUT2D eigenvalue weighted by Crippen LogP contribution is -2.25. The van der Waals surface area contributed by atoms with Crippen molar-refractivity contribution in [1.82, 2.24) is 4.31 Å². The van der Waals surface area contributed by atoms with Crippen LogP contribution in [-0.4, -0.2) is 36.1 Å². The molecule has 3 nitrogen and oxygen atoms in total. The third-order valence-corrected chi connectivity index (χ3v) is 8.04. The van der Waals surface area contributed by atoms with Crippen LogP contribution in [0.3, 0.4) is 0 Å². The van der Waals surface area contributed by atoms with Crippen LogP contribution in [0.1, 0.15) is 25.0 Å². The van der Waals surface area contributed by atoms with E-state index in [1.165, 1.54) is 16.0 Å². The van der Waals surface area contributed by atoms with Gasteiger partial charge in [0.1, 0.15) is 0 Å². The van der Waals surface area contributed by atoms with E-state index in [2.05, 4.69) is 90.9 Å². The molecule has 0 aliphatic carbocycles. The summed E-state index contributed by atoms with van der Waals surface area (Å²) in [6.45, 7) is 12.2. The van der Waals surface area contributed by atoms with Crippen LogP contribution in [0.5, 0.6) is 0 Å². The number of thioether (sulfide) groups is 2. The topological polar surface area (TPSA) is 41.6 Å². The first-order chi connectivity index (χ1) is 16.0. The molecule has 0 spiro atoms. The predicted octanol–water partition coefficient (Wildman–Crippen LogP) is 7.48. The van der Waals surface area contributed by atoms with Crippen LogP contribution in [0.15, 0.2) is 92.6 Å². The van der Waals surface area contributed by atoms with Crippen LogP contribution in [-0.2, 0) is 0 Å². The highest BCUT2D eigenvalue weighted by molar-refractivity contribution is 8.02. The Morgan fingerprint density at radius 3 is 2.42 bits per heavy atom. The molecule has 0 heterocycles. The molecule has 0 aromatic heterocycles. The van der Waals surface area contributed by atoms with Crippen LogP contribution < -0.4 is 5.73 Å². The smallest absolute Gasteiger partial charge is 0.0757 e. The maximum Gasteiger partial charge on any atom is 0.0757 e. The molecule has 176 valence electrons.